The van der Waals surface area contributed by atoms with Gasteiger partial charge in [0, 0.05) is 0 Å². The molecule has 0 heterocycles. The first-order valence-corrected chi connectivity index (χ1v) is 2.73. The Labute approximate surface area is 60.0 Å². The SMILES string of the molecule is C=C/C=C\C(N)=C(\N)NN. The summed E-state index contributed by atoms with van der Waals surface area (Å²) in [6.07, 6.45) is 4.86. The number of hydrazine groups is 1. The van der Waals surface area contributed by atoms with Crippen LogP contribution in [0, 0.1) is 0 Å². The molecule has 0 unspecified atom stereocenters. The first-order valence-electron chi connectivity index (χ1n) is 2.73. The van der Waals surface area contributed by atoms with Crippen LogP contribution in [0.1, 0.15) is 0 Å². The molecule has 0 atom stereocenters. The molecule has 0 aliphatic carbocycles. The summed E-state index contributed by atoms with van der Waals surface area (Å²) in [6, 6.07) is 0. The molecule has 0 radical (unpaired) electrons. The molecule has 0 fully saturated rings. The summed E-state index contributed by atoms with van der Waals surface area (Å²) in [5.74, 6) is 5.22. The summed E-state index contributed by atoms with van der Waals surface area (Å²) in [7, 11) is 0. The minimum atomic E-state index is 0.248. The zero-order chi connectivity index (χ0) is 7.98. The first kappa shape index (κ1) is 8.58. The van der Waals surface area contributed by atoms with Crippen molar-refractivity contribution in [3.8, 4) is 0 Å². The van der Waals surface area contributed by atoms with Crippen LogP contribution in [0.25, 0.3) is 0 Å². The summed E-state index contributed by atoms with van der Waals surface area (Å²) in [6.45, 7) is 3.46. The van der Waals surface area contributed by atoms with E-state index in [-0.39, 0.29) is 5.82 Å². The molecule has 0 aliphatic heterocycles. The number of allylic oxidation sites excluding steroid dienone is 3. The lowest BCUT2D eigenvalue weighted by atomic mass is 10.4. The topological polar surface area (TPSA) is 90.1 Å². The van der Waals surface area contributed by atoms with Gasteiger partial charge in [-0.1, -0.05) is 18.7 Å². The quantitative estimate of drug-likeness (QED) is 0.236. The Morgan fingerprint density at radius 2 is 2.00 bits per heavy atom. The van der Waals surface area contributed by atoms with Gasteiger partial charge in [-0.2, -0.15) is 0 Å². The van der Waals surface area contributed by atoms with Crippen molar-refractivity contribution in [2.45, 2.75) is 0 Å². The van der Waals surface area contributed by atoms with Gasteiger partial charge in [-0.15, -0.1) is 0 Å². The van der Waals surface area contributed by atoms with E-state index in [0.29, 0.717) is 5.70 Å². The van der Waals surface area contributed by atoms with Crippen molar-refractivity contribution in [3.05, 3.63) is 36.3 Å². The van der Waals surface area contributed by atoms with Crippen LogP contribution < -0.4 is 22.7 Å². The van der Waals surface area contributed by atoms with E-state index >= 15 is 0 Å². The van der Waals surface area contributed by atoms with Crippen molar-refractivity contribution in [2.24, 2.45) is 17.3 Å². The van der Waals surface area contributed by atoms with E-state index in [0.717, 1.165) is 0 Å². The fourth-order valence-electron chi connectivity index (χ4n) is 0.345. The van der Waals surface area contributed by atoms with E-state index in [9.17, 15) is 0 Å². The fraction of sp³-hybridized carbons (Fsp3) is 0. The first-order chi connectivity index (χ1) is 4.72. The summed E-state index contributed by atoms with van der Waals surface area (Å²) in [5.41, 5.74) is 13.3. The predicted octanol–water partition coefficient (Wildman–Crippen LogP) is -0.722. The molecule has 0 saturated carbocycles. The molecule has 0 aliphatic rings. The Morgan fingerprint density at radius 1 is 1.40 bits per heavy atom. The molecule has 0 bridgehead atoms. The third-order valence-corrected chi connectivity index (χ3v) is 0.878. The van der Waals surface area contributed by atoms with Crippen molar-refractivity contribution in [3.63, 3.8) is 0 Å². The second-order valence-electron chi connectivity index (χ2n) is 1.61. The number of hydrogen-bond donors (Lipinski definition) is 4. The van der Waals surface area contributed by atoms with Gasteiger partial charge in [0.15, 0.2) is 0 Å². The van der Waals surface area contributed by atoms with Crippen LogP contribution in [-0.4, -0.2) is 0 Å². The predicted molar refractivity (Wildman–Crippen MR) is 42.1 cm³/mol. The number of rotatable bonds is 3. The summed E-state index contributed by atoms with van der Waals surface area (Å²) in [5, 5.41) is 0. The van der Waals surface area contributed by atoms with Crippen LogP contribution in [0.15, 0.2) is 36.3 Å². The smallest absolute Gasteiger partial charge is 0.134 e. The van der Waals surface area contributed by atoms with Crippen LogP contribution in [0.4, 0.5) is 0 Å². The Balaban J connectivity index is 4.17. The van der Waals surface area contributed by atoms with E-state index in [2.05, 4.69) is 12.0 Å². The molecule has 10 heavy (non-hydrogen) atoms. The van der Waals surface area contributed by atoms with E-state index in [1.165, 1.54) is 0 Å². The lowest BCUT2D eigenvalue weighted by molar-refractivity contribution is 0.851. The molecule has 7 N–H and O–H groups in total. The maximum Gasteiger partial charge on any atom is 0.134 e. The Bertz CT molecular complexity index is 169. The summed E-state index contributed by atoms with van der Waals surface area (Å²) < 4.78 is 0. The molecule has 0 saturated heterocycles. The standard InChI is InChI=1S/C6H12N4/c1-2-3-4-5(7)6(8)10-9/h2-4,10H,1,7-9H2/b4-3-,6-5+. The highest BCUT2D eigenvalue weighted by Gasteiger charge is 1.88. The minimum Gasteiger partial charge on any atom is -0.396 e. The van der Waals surface area contributed by atoms with Gasteiger partial charge in [-0.05, 0) is 6.08 Å². The van der Waals surface area contributed by atoms with E-state index < -0.39 is 0 Å². The Kier molecular flexibility index (Phi) is 3.83. The largest absolute Gasteiger partial charge is 0.396 e. The zero-order valence-electron chi connectivity index (χ0n) is 5.67. The molecule has 0 rings (SSSR count). The Hall–Kier alpha value is -1.42. The van der Waals surface area contributed by atoms with E-state index in [4.69, 9.17) is 17.3 Å². The van der Waals surface area contributed by atoms with Crippen molar-refractivity contribution in [1.29, 1.82) is 0 Å². The average Bonchev–Trinajstić information content (AvgIpc) is 1.98. The molecule has 4 heteroatoms. The fourth-order valence-corrected chi connectivity index (χ4v) is 0.345. The van der Waals surface area contributed by atoms with Gasteiger partial charge in [-0.25, -0.2) is 5.84 Å². The zero-order valence-corrected chi connectivity index (χ0v) is 5.67. The molecule has 0 aromatic heterocycles. The molecular formula is C6H12N4. The molecule has 0 spiro atoms. The van der Waals surface area contributed by atoms with Crippen molar-refractivity contribution in [2.75, 3.05) is 0 Å². The van der Waals surface area contributed by atoms with E-state index in [1.807, 2.05) is 0 Å². The monoisotopic (exact) mass is 140 g/mol. The average molecular weight is 140 g/mol. The summed E-state index contributed by atoms with van der Waals surface area (Å²) in [4.78, 5) is 0. The molecule has 56 valence electrons. The molecule has 0 aromatic carbocycles. The van der Waals surface area contributed by atoms with Crippen LogP contribution in [0.5, 0.6) is 0 Å². The second kappa shape index (κ2) is 4.46. The van der Waals surface area contributed by atoms with Crippen molar-refractivity contribution in [1.82, 2.24) is 5.43 Å². The molecule has 0 amide bonds. The highest BCUT2D eigenvalue weighted by Crippen LogP contribution is 1.87. The second-order valence-corrected chi connectivity index (χ2v) is 1.61. The van der Waals surface area contributed by atoms with Gasteiger partial charge in [-0.3, -0.25) is 0 Å². The van der Waals surface area contributed by atoms with Gasteiger partial charge in [0.2, 0.25) is 0 Å². The highest BCUT2D eigenvalue weighted by molar-refractivity contribution is 5.21. The number of nitrogens with one attached hydrogen (secondary N) is 1. The molecular weight excluding hydrogens is 128 g/mol. The van der Waals surface area contributed by atoms with Gasteiger partial charge in [0.05, 0.1) is 5.70 Å². The lowest BCUT2D eigenvalue weighted by Crippen LogP contribution is -2.29. The third-order valence-electron chi connectivity index (χ3n) is 0.878. The highest BCUT2D eigenvalue weighted by atomic mass is 15.3. The van der Waals surface area contributed by atoms with Crippen LogP contribution in [0.2, 0.25) is 0 Å². The summed E-state index contributed by atoms with van der Waals surface area (Å²) >= 11 is 0. The molecule has 0 aromatic rings. The normalized spacial score (nSPS) is 12.9. The third kappa shape index (κ3) is 2.78. The van der Waals surface area contributed by atoms with E-state index in [1.54, 1.807) is 18.2 Å². The Morgan fingerprint density at radius 3 is 2.40 bits per heavy atom. The van der Waals surface area contributed by atoms with Crippen LogP contribution in [0.3, 0.4) is 0 Å². The lowest BCUT2D eigenvalue weighted by Gasteiger charge is -2.00. The van der Waals surface area contributed by atoms with Gasteiger partial charge in [0.25, 0.3) is 0 Å². The van der Waals surface area contributed by atoms with Crippen LogP contribution >= 0.6 is 0 Å². The maximum atomic E-state index is 5.39. The van der Waals surface area contributed by atoms with Gasteiger partial charge < -0.3 is 16.9 Å². The minimum absolute atomic E-state index is 0.248. The van der Waals surface area contributed by atoms with Crippen molar-refractivity contribution >= 4 is 0 Å². The maximum absolute atomic E-state index is 5.39. The van der Waals surface area contributed by atoms with Crippen molar-refractivity contribution < 1.29 is 0 Å². The molecule has 4 nitrogen and oxygen atoms in total. The van der Waals surface area contributed by atoms with Gasteiger partial charge >= 0.3 is 0 Å². The number of nitrogens with two attached hydrogens (primary N) is 3. The number of hydrogen-bond acceptors (Lipinski definition) is 4. The van der Waals surface area contributed by atoms with Crippen LogP contribution in [-0.2, 0) is 0 Å². The van der Waals surface area contributed by atoms with Gasteiger partial charge in [0.1, 0.15) is 5.82 Å².